The third-order valence-electron chi connectivity index (χ3n) is 1.52. The smallest absolute Gasteiger partial charge is 0.256 e. The van der Waals surface area contributed by atoms with E-state index in [-0.39, 0.29) is 0 Å². The number of hydrogen-bond donors (Lipinski definition) is 0. The van der Waals surface area contributed by atoms with Crippen LogP contribution in [0.2, 0.25) is 0 Å². The Kier molecular flexibility index (Phi) is 2.11. The highest BCUT2D eigenvalue weighted by molar-refractivity contribution is 9.10. The first-order chi connectivity index (χ1) is 5.81. The quantitative estimate of drug-likeness (QED) is 0.720. The highest BCUT2D eigenvalue weighted by atomic mass is 79.9. The second-order valence-corrected chi connectivity index (χ2v) is 3.88. The van der Waals surface area contributed by atoms with Gasteiger partial charge in [-0.15, -0.1) is 0 Å². The number of benzene rings is 1. The summed E-state index contributed by atoms with van der Waals surface area (Å²) in [4.78, 5) is 4.26. The molecule has 1 aromatic heterocycles. The lowest BCUT2D eigenvalue weighted by Crippen LogP contribution is -1.67. The van der Waals surface area contributed by atoms with Crippen molar-refractivity contribution in [1.82, 2.24) is 4.98 Å². The van der Waals surface area contributed by atoms with Gasteiger partial charge >= 0.3 is 0 Å². The zero-order chi connectivity index (χ0) is 8.55. The summed E-state index contributed by atoms with van der Waals surface area (Å²) in [7, 11) is 0. The van der Waals surface area contributed by atoms with Gasteiger partial charge in [0.2, 0.25) is 0 Å². The van der Waals surface area contributed by atoms with Crippen LogP contribution >= 0.6 is 27.7 Å². The van der Waals surface area contributed by atoms with E-state index in [1.54, 1.807) is 0 Å². The minimum absolute atomic E-state index is 0.705. The van der Waals surface area contributed by atoms with Crippen molar-refractivity contribution in [3.63, 3.8) is 0 Å². The van der Waals surface area contributed by atoms with E-state index < -0.39 is 0 Å². The van der Waals surface area contributed by atoms with E-state index >= 15 is 0 Å². The number of hydrogen-bond acceptors (Lipinski definition) is 3. The van der Waals surface area contributed by atoms with Crippen LogP contribution in [0.3, 0.4) is 0 Å². The van der Waals surface area contributed by atoms with Crippen molar-refractivity contribution in [1.29, 1.82) is 0 Å². The molecule has 2 nitrogen and oxygen atoms in total. The van der Waals surface area contributed by atoms with Crippen LogP contribution < -0.4 is 0 Å². The minimum Gasteiger partial charge on any atom is -0.430 e. The van der Waals surface area contributed by atoms with E-state index in [1.807, 2.05) is 24.5 Å². The average molecular weight is 244 g/mol. The molecule has 1 aromatic carbocycles. The van der Waals surface area contributed by atoms with Crippen LogP contribution in [0, 0.1) is 0 Å². The second kappa shape index (κ2) is 3.11. The summed E-state index contributed by atoms with van der Waals surface area (Å²) < 4.78 is 6.40. The summed E-state index contributed by atoms with van der Waals surface area (Å²) in [6, 6.07) is 5.82. The predicted octanol–water partition coefficient (Wildman–Crippen LogP) is 3.31. The molecule has 0 aliphatic carbocycles. The van der Waals surface area contributed by atoms with Gasteiger partial charge in [-0.05, 0) is 34.3 Å². The number of nitrogens with zero attached hydrogens (tertiary/aromatic N) is 1. The van der Waals surface area contributed by atoms with E-state index in [9.17, 15) is 0 Å². The molecule has 0 saturated heterocycles. The molecule has 0 radical (unpaired) electrons. The fourth-order valence-electron chi connectivity index (χ4n) is 0.982. The van der Waals surface area contributed by atoms with E-state index in [1.165, 1.54) is 11.8 Å². The third-order valence-corrected chi connectivity index (χ3v) is 2.67. The maximum Gasteiger partial charge on any atom is 0.256 e. The molecule has 0 atom stereocenters. The van der Waals surface area contributed by atoms with Gasteiger partial charge in [-0.25, -0.2) is 4.98 Å². The van der Waals surface area contributed by atoms with Gasteiger partial charge in [0.15, 0.2) is 5.58 Å². The van der Waals surface area contributed by atoms with E-state index in [0.29, 0.717) is 5.22 Å². The first kappa shape index (κ1) is 8.13. The predicted molar refractivity (Wildman–Crippen MR) is 53.5 cm³/mol. The van der Waals surface area contributed by atoms with E-state index in [0.717, 1.165) is 15.6 Å². The van der Waals surface area contributed by atoms with Crippen LogP contribution in [0.4, 0.5) is 0 Å². The van der Waals surface area contributed by atoms with Crippen molar-refractivity contribution in [3.8, 4) is 0 Å². The summed E-state index contributed by atoms with van der Waals surface area (Å²) in [5.74, 6) is 0. The van der Waals surface area contributed by atoms with Crippen molar-refractivity contribution in [2.75, 3.05) is 6.26 Å². The van der Waals surface area contributed by atoms with Gasteiger partial charge in [-0.2, -0.15) is 0 Å². The van der Waals surface area contributed by atoms with Crippen molar-refractivity contribution in [3.05, 3.63) is 22.7 Å². The van der Waals surface area contributed by atoms with Gasteiger partial charge in [0.1, 0.15) is 5.52 Å². The molecule has 1 heterocycles. The molecule has 0 aliphatic heterocycles. The monoisotopic (exact) mass is 243 g/mol. The molecule has 0 spiro atoms. The number of para-hydroxylation sites is 1. The van der Waals surface area contributed by atoms with Gasteiger partial charge in [0.25, 0.3) is 5.22 Å². The summed E-state index contributed by atoms with van der Waals surface area (Å²) in [6.45, 7) is 0. The lowest BCUT2D eigenvalue weighted by Gasteiger charge is -1.87. The van der Waals surface area contributed by atoms with Gasteiger partial charge in [-0.1, -0.05) is 17.8 Å². The molecule has 0 fully saturated rings. The highest BCUT2D eigenvalue weighted by Gasteiger charge is 2.06. The number of halogens is 1. The molecule has 0 N–H and O–H groups in total. The Morgan fingerprint density at radius 2 is 2.33 bits per heavy atom. The fourth-order valence-corrected chi connectivity index (χ4v) is 1.78. The lowest BCUT2D eigenvalue weighted by molar-refractivity contribution is 0.489. The molecule has 2 rings (SSSR count). The van der Waals surface area contributed by atoms with Crippen LogP contribution in [-0.4, -0.2) is 11.2 Å². The Morgan fingerprint density at radius 3 is 3.00 bits per heavy atom. The van der Waals surface area contributed by atoms with Crippen LogP contribution in [0.1, 0.15) is 0 Å². The van der Waals surface area contributed by atoms with Gasteiger partial charge in [0, 0.05) is 0 Å². The number of aromatic nitrogens is 1. The maximum absolute atomic E-state index is 5.45. The molecular formula is C8H6BrNOS. The molecule has 0 unspecified atom stereocenters. The number of rotatable bonds is 1. The molecule has 0 amide bonds. The SMILES string of the molecule is CSc1nc2cccc(Br)c2o1. The normalized spacial score (nSPS) is 10.8. The van der Waals surface area contributed by atoms with Crippen molar-refractivity contribution in [2.45, 2.75) is 5.22 Å². The molecule has 0 bridgehead atoms. The first-order valence-corrected chi connectivity index (χ1v) is 5.42. The van der Waals surface area contributed by atoms with Gasteiger partial charge < -0.3 is 4.42 Å². The molecule has 62 valence electrons. The molecular weight excluding hydrogens is 238 g/mol. The first-order valence-electron chi connectivity index (χ1n) is 3.40. The maximum atomic E-state index is 5.45. The zero-order valence-corrected chi connectivity index (χ0v) is 8.78. The molecule has 0 saturated carbocycles. The Balaban J connectivity index is 2.74. The summed E-state index contributed by atoms with van der Waals surface area (Å²) in [6.07, 6.45) is 1.94. The largest absolute Gasteiger partial charge is 0.430 e. The topological polar surface area (TPSA) is 26.0 Å². The number of fused-ring (bicyclic) bond motifs is 1. The van der Waals surface area contributed by atoms with Gasteiger partial charge in [-0.3, -0.25) is 0 Å². The summed E-state index contributed by atoms with van der Waals surface area (Å²) >= 11 is 4.90. The Bertz CT molecular complexity index is 412. The fraction of sp³-hybridized carbons (Fsp3) is 0.125. The van der Waals surface area contributed by atoms with E-state index in [4.69, 9.17) is 4.42 Å². The summed E-state index contributed by atoms with van der Waals surface area (Å²) in [5, 5.41) is 0.705. The Morgan fingerprint density at radius 1 is 1.50 bits per heavy atom. The number of oxazole rings is 1. The van der Waals surface area contributed by atoms with E-state index in [2.05, 4.69) is 20.9 Å². The second-order valence-electron chi connectivity index (χ2n) is 2.27. The van der Waals surface area contributed by atoms with Crippen molar-refractivity contribution < 1.29 is 4.42 Å². The zero-order valence-electron chi connectivity index (χ0n) is 6.37. The third kappa shape index (κ3) is 1.25. The molecule has 12 heavy (non-hydrogen) atoms. The molecule has 2 aromatic rings. The average Bonchev–Trinajstić information content (AvgIpc) is 2.49. The van der Waals surface area contributed by atoms with Gasteiger partial charge in [0.05, 0.1) is 4.47 Å². The van der Waals surface area contributed by atoms with Crippen LogP contribution in [0.5, 0.6) is 0 Å². The highest BCUT2D eigenvalue weighted by Crippen LogP contribution is 2.27. The Hall–Kier alpha value is -0.480. The summed E-state index contributed by atoms with van der Waals surface area (Å²) in [5.41, 5.74) is 1.72. The van der Waals surface area contributed by atoms with Crippen LogP contribution in [-0.2, 0) is 0 Å². The Labute approximate surface area is 82.5 Å². The van der Waals surface area contributed by atoms with Crippen molar-refractivity contribution >= 4 is 38.8 Å². The lowest BCUT2D eigenvalue weighted by atomic mass is 10.3. The number of thioether (sulfide) groups is 1. The van der Waals surface area contributed by atoms with Crippen molar-refractivity contribution in [2.24, 2.45) is 0 Å². The molecule has 0 aliphatic rings. The van der Waals surface area contributed by atoms with Crippen LogP contribution in [0.25, 0.3) is 11.1 Å². The van der Waals surface area contributed by atoms with Crippen LogP contribution in [0.15, 0.2) is 32.3 Å². The standard InChI is InChI=1S/C8H6BrNOS/c1-12-8-10-6-4-2-3-5(9)7(6)11-8/h2-4H,1H3. The molecule has 4 heteroatoms. The minimum atomic E-state index is 0.705.